The normalized spacial score (nSPS) is 29.1. The number of carboxylic acids is 1. The van der Waals surface area contributed by atoms with E-state index in [2.05, 4.69) is 0 Å². The lowest BCUT2D eigenvalue weighted by molar-refractivity contribution is -0.131. The van der Waals surface area contributed by atoms with Crippen LogP contribution in [0.1, 0.15) is 12.8 Å². The predicted octanol–water partition coefficient (Wildman–Crippen LogP) is 1.85. The Labute approximate surface area is 93.9 Å². The molecule has 0 aromatic carbocycles. The van der Waals surface area contributed by atoms with Crippen molar-refractivity contribution in [1.29, 1.82) is 0 Å². The summed E-state index contributed by atoms with van der Waals surface area (Å²) in [6.45, 7) is 0.353. The fraction of sp³-hybridized carbons (Fsp3) is 0.417. The van der Waals surface area contributed by atoms with Crippen molar-refractivity contribution >= 4 is 5.97 Å². The molecule has 0 radical (unpaired) electrons. The minimum Gasteiger partial charge on any atom is -0.478 e. The highest BCUT2D eigenvalue weighted by molar-refractivity contribution is 5.80. The van der Waals surface area contributed by atoms with E-state index in [1.807, 2.05) is 12.2 Å². The second kappa shape index (κ2) is 4.99. The molecule has 1 fully saturated rings. The number of carboxylic acid groups (broad SMARTS) is 1. The van der Waals surface area contributed by atoms with Crippen LogP contribution in [0.4, 0.5) is 0 Å². The van der Waals surface area contributed by atoms with Gasteiger partial charge in [-0.05, 0) is 24.8 Å². The van der Waals surface area contributed by atoms with E-state index in [1.165, 1.54) is 6.08 Å². The van der Waals surface area contributed by atoms with Gasteiger partial charge in [0.15, 0.2) is 6.79 Å². The lowest BCUT2D eigenvalue weighted by Gasteiger charge is -2.18. The summed E-state index contributed by atoms with van der Waals surface area (Å²) in [5.41, 5.74) is 0. The molecule has 1 aliphatic heterocycles. The fourth-order valence-corrected chi connectivity index (χ4v) is 1.87. The first kappa shape index (κ1) is 11.0. The topological polar surface area (TPSA) is 55.8 Å². The van der Waals surface area contributed by atoms with Crippen molar-refractivity contribution in [2.75, 3.05) is 6.79 Å². The average Bonchev–Trinajstić information content (AvgIpc) is 2.71. The number of ether oxygens (including phenoxy) is 2. The van der Waals surface area contributed by atoms with Crippen LogP contribution in [0.3, 0.4) is 0 Å². The molecule has 1 N–H and O–H groups in total. The van der Waals surface area contributed by atoms with Gasteiger partial charge in [0.25, 0.3) is 0 Å². The van der Waals surface area contributed by atoms with Crippen LogP contribution in [0.2, 0.25) is 0 Å². The Morgan fingerprint density at radius 1 is 1.44 bits per heavy atom. The van der Waals surface area contributed by atoms with Crippen LogP contribution in [-0.2, 0) is 14.3 Å². The van der Waals surface area contributed by atoms with Gasteiger partial charge >= 0.3 is 5.97 Å². The van der Waals surface area contributed by atoms with Gasteiger partial charge in [-0.3, -0.25) is 0 Å². The van der Waals surface area contributed by atoms with Crippen molar-refractivity contribution in [3.63, 3.8) is 0 Å². The molecule has 0 unspecified atom stereocenters. The number of aliphatic carboxylic acids is 1. The lowest BCUT2D eigenvalue weighted by atomic mass is 9.92. The smallest absolute Gasteiger partial charge is 0.328 e. The Hall–Kier alpha value is -1.55. The highest BCUT2D eigenvalue weighted by Gasteiger charge is 2.28. The van der Waals surface area contributed by atoms with Crippen LogP contribution in [0.15, 0.2) is 36.1 Å². The Morgan fingerprint density at radius 2 is 2.31 bits per heavy atom. The third-order valence-electron chi connectivity index (χ3n) is 2.66. The second-order valence-electron chi connectivity index (χ2n) is 3.81. The van der Waals surface area contributed by atoms with Gasteiger partial charge in [-0.1, -0.05) is 18.2 Å². The largest absolute Gasteiger partial charge is 0.478 e. The molecule has 0 aromatic heterocycles. The van der Waals surface area contributed by atoms with E-state index in [4.69, 9.17) is 14.6 Å². The molecule has 0 spiro atoms. The zero-order valence-corrected chi connectivity index (χ0v) is 8.83. The standard InChI is InChI=1S/C12H14O4/c13-12(14)4-2-1-3-9-5-6-10-11(7-9)16-8-15-10/h1-4,7,9-10H,5-6,8H2,(H,13,14)/b3-1+,4-2+/t9-,10+/m0/s1. The van der Waals surface area contributed by atoms with E-state index in [0.717, 1.165) is 24.7 Å². The van der Waals surface area contributed by atoms with Gasteiger partial charge in [-0.2, -0.15) is 0 Å². The van der Waals surface area contributed by atoms with Crippen molar-refractivity contribution in [3.05, 3.63) is 36.1 Å². The molecular formula is C12H14O4. The van der Waals surface area contributed by atoms with E-state index in [1.54, 1.807) is 6.08 Å². The zero-order valence-electron chi connectivity index (χ0n) is 8.83. The van der Waals surface area contributed by atoms with Crippen molar-refractivity contribution in [2.45, 2.75) is 18.9 Å². The zero-order chi connectivity index (χ0) is 11.4. The molecule has 4 nitrogen and oxygen atoms in total. The van der Waals surface area contributed by atoms with Crippen LogP contribution in [0.25, 0.3) is 0 Å². The van der Waals surface area contributed by atoms with Gasteiger partial charge in [-0.15, -0.1) is 0 Å². The van der Waals surface area contributed by atoms with Gasteiger partial charge in [-0.25, -0.2) is 4.79 Å². The van der Waals surface area contributed by atoms with Crippen LogP contribution >= 0.6 is 0 Å². The van der Waals surface area contributed by atoms with Crippen LogP contribution < -0.4 is 0 Å². The molecule has 0 bridgehead atoms. The number of hydrogen-bond donors (Lipinski definition) is 1. The SMILES string of the molecule is O=C(O)/C=C/C=C/[C@@H]1C=C2OCO[C@@H]2CC1. The number of allylic oxidation sites excluding steroid dienone is 4. The summed E-state index contributed by atoms with van der Waals surface area (Å²) in [4.78, 5) is 10.2. The molecule has 0 aromatic rings. The average molecular weight is 222 g/mol. The van der Waals surface area contributed by atoms with Crippen molar-refractivity contribution < 1.29 is 19.4 Å². The van der Waals surface area contributed by atoms with Gasteiger partial charge in [0, 0.05) is 6.08 Å². The van der Waals surface area contributed by atoms with Crippen LogP contribution in [0, 0.1) is 5.92 Å². The monoisotopic (exact) mass is 222 g/mol. The summed E-state index contributed by atoms with van der Waals surface area (Å²) in [6, 6.07) is 0. The molecule has 1 aliphatic carbocycles. The highest BCUT2D eigenvalue weighted by Crippen LogP contribution is 2.30. The first-order valence-corrected chi connectivity index (χ1v) is 5.29. The number of rotatable bonds is 3. The Morgan fingerprint density at radius 3 is 3.12 bits per heavy atom. The molecule has 1 heterocycles. The van der Waals surface area contributed by atoms with E-state index >= 15 is 0 Å². The second-order valence-corrected chi connectivity index (χ2v) is 3.81. The Balaban J connectivity index is 1.91. The van der Waals surface area contributed by atoms with E-state index in [9.17, 15) is 4.79 Å². The summed E-state index contributed by atoms with van der Waals surface area (Å²) in [6.07, 6.45) is 10.5. The van der Waals surface area contributed by atoms with Crippen LogP contribution in [0.5, 0.6) is 0 Å². The highest BCUT2D eigenvalue weighted by atomic mass is 16.7. The number of carbonyl (C=O) groups is 1. The molecule has 86 valence electrons. The summed E-state index contributed by atoms with van der Waals surface area (Å²) in [5, 5.41) is 8.40. The van der Waals surface area contributed by atoms with E-state index < -0.39 is 5.97 Å². The fourth-order valence-electron chi connectivity index (χ4n) is 1.87. The molecule has 2 atom stereocenters. The predicted molar refractivity (Wildman–Crippen MR) is 57.5 cm³/mol. The van der Waals surface area contributed by atoms with E-state index in [0.29, 0.717) is 12.7 Å². The quantitative estimate of drug-likeness (QED) is 0.585. The number of hydrogen-bond acceptors (Lipinski definition) is 3. The van der Waals surface area contributed by atoms with Crippen molar-refractivity contribution in [1.82, 2.24) is 0 Å². The van der Waals surface area contributed by atoms with Crippen molar-refractivity contribution in [3.8, 4) is 0 Å². The summed E-state index contributed by atoms with van der Waals surface area (Å²) < 4.78 is 10.7. The minimum absolute atomic E-state index is 0.138. The molecule has 2 aliphatic rings. The maximum Gasteiger partial charge on any atom is 0.328 e. The third kappa shape index (κ3) is 2.73. The summed E-state index contributed by atoms with van der Waals surface area (Å²) in [7, 11) is 0. The summed E-state index contributed by atoms with van der Waals surface area (Å²) in [5.74, 6) is 0.300. The molecular weight excluding hydrogens is 208 g/mol. The Kier molecular flexibility index (Phi) is 3.41. The van der Waals surface area contributed by atoms with Crippen LogP contribution in [-0.4, -0.2) is 24.0 Å². The van der Waals surface area contributed by atoms with Gasteiger partial charge in [0.1, 0.15) is 11.9 Å². The molecule has 16 heavy (non-hydrogen) atoms. The first-order chi connectivity index (χ1) is 7.75. The third-order valence-corrected chi connectivity index (χ3v) is 2.66. The summed E-state index contributed by atoms with van der Waals surface area (Å²) >= 11 is 0. The number of fused-ring (bicyclic) bond motifs is 1. The van der Waals surface area contributed by atoms with Gasteiger partial charge in [0.05, 0.1) is 0 Å². The maximum absolute atomic E-state index is 10.2. The Bertz CT molecular complexity index is 354. The minimum atomic E-state index is -0.931. The molecule has 4 heteroatoms. The van der Waals surface area contributed by atoms with Gasteiger partial charge in [0.2, 0.25) is 0 Å². The van der Waals surface area contributed by atoms with Gasteiger partial charge < -0.3 is 14.6 Å². The first-order valence-electron chi connectivity index (χ1n) is 5.29. The van der Waals surface area contributed by atoms with E-state index in [-0.39, 0.29) is 6.10 Å². The molecule has 0 amide bonds. The maximum atomic E-state index is 10.2. The molecule has 0 saturated carbocycles. The lowest BCUT2D eigenvalue weighted by Crippen LogP contribution is -2.15. The molecule has 1 saturated heterocycles. The molecule has 2 rings (SSSR count). The van der Waals surface area contributed by atoms with Crippen molar-refractivity contribution in [2.24, 2.45) is 5.92 Å².